The molecule has 29 heavy (non-hydrogen) atoms. The first kappa shape index (κ1) is 19.6. The Morgan fingerprint density at radius 2 is 2.07 bits per heavy atom. The van der Waals surface area contributed by atoms with Crippen molar-refractivity contribution in [3.63, 3.8) is 0 Å². The van der Waals surface area contributed by atoms with Crippen molar-refractivity contribution in [2.45, 2.75) is 19.8 Å². The van der Waals surface area contributed by atoms with Crippen molar-refractivity contribution in [2.75, 3.05) is 31.1 Å². The number of nitrogens with one attached hydrogen (secondary N) is 1. The van der Waals surface area contributed by atoms with Crippen LogP contribution in [0.15, 0.2) is 21.9 Å². The minimum atomic E-state index is -0.721. The van der Waals surface area contributed by atoms with Crippen LogP contribution in [-0.4, -0.2) is 52.1 Å². The molecule has 4 rings (SSSR count). The smallest absolute Gasteiger partial charge is 0.306 e. The molecule has 0 atom stereocenters. The van der Waals surface area contributed by atoms with Crippen LogP contribution in [-0.2, 0) is 4.79 Å². The number of aliphatic carboxylic acids is 1. The summed E-state index contributed by atoms with van der Waals surface area (Å²) in [5, 5.41) is 10.1. The van der Waals surface area contributed by atoms with Crippen molar-refractivity contribution in [1.29, 1.82) is 0 Å². The van der Waals surface area contributed by atoms with Gasteiger partial charge in [0.25, 0.3) is 5.56 Å². The largest absolute Gasteiger partial charge is 0.481 e. The highest BCUT2D eigenvalue weighted by Gasteiger charge is 2.27. The first-order valence-electron chi connectivity index (χ1n) is 9.54. The number of carbonyl (C=O) groups is 1. The van der Waals surface area contributed by atoms with Crippen LogP contribution in [0.2, 0.25) is 5.02 Å². The number of aryl methyl sites for hydroxylation is 1. The fourth-order valence-corrected chi connectivity index (χ4v) is 4.01. The van der Waals surface area contributed by atoms with Crippen LogP contribution in [0.4, 0.5) is 17.2 Å². The number of H-pyrrole nitrogens is 1. The quantitative estimate of drug-likeness (QED) is 0.781. The Balaban J connectivity index is 1.66. The van der Waals surface area contributed by atoms with Gasteiger partial charge in [-0.2, -0.15) is 0 Å². The average Bonchev–Trinajstić information content (AvgIpc) is 2.67. The van der Waals surface area contributed by atoms with E-state index in [1.807, 2.05) is 24.0 Å². The zero-order valence-corrected chi connectivity index (χ0v) is 16.9. The first-order valence-corrected chi connectivity index (χ1v) is 9.92. The van der Waals surface area contributed by atoms with Crippen molar-refractivity contribution >= 4 is 41.3 Å². The zero-order valence-electron chi connectivity index (χ0n) is 16.1. The van der Waals surface area contributed by atoms with E-state index in [1.165, 1.54) is 0 Å². The lowest BCUT2D eigenvalue weighted by atomic mass is 9.97. The maximum Gasteiger partial charge on any atom is 0.306 e. The number of hydrogen-bond acceptors (Lipinski definition) is 6. The molecule has 1 saturated heterocycles. The molecule has 0 unspecified atom stereocenters. The van der Waals surface area contributed by atoms with Crippen LogP contribution in [0, 0.1) is 12.8 Å². The molecular weight excluding hydrogens is 394 g/mol. The summed E-state index contributed by atoms with van der Waals surface area (Å²) in [5.74, 6) is -0.523. The van der Waals surface area contributed by atoms with Crippen LogP contribution >= 0.6 is 11.6 Å². The number of aromatic amines is 1. The Hall–Kier alpha value is -2.71. The normalized spacial score (nSPS) is 16.8. The topological polar surface area (TPSA) is 102 Å². The fraction of sp³-hybridized carbons (Fsp3) is 0.400. The summed E-state index contributed by atoms with van der Waals surface area (Å²) in [6.45, 7) is 8.39. The molecule has 0 aliphatic carbocycles. The van der Waals surface area contributed by atoms with Crippen LogP contribution in [0.5, 0.6) is 0 Å². The van der Waals surface area contributed by atoms with Gasteiger partial charge >= 0.3 is 5.97 Å². The number of nitrogens with zero attached hydrogens (tertiary/aromatic N) is 4. The van der Waals surface area contributed by atoms with E-state index in [0.717, 1.165) is 24.3 Å². The number of carboxylic acids is 1. The second kappa shape index (κ2) is 7.61. The third kappa shape index (κ3) is 3.77. The second-order valence-corrected chi connectivity index (χ2v) is 7.90. The number of carboxylic acid groups (broad SMARTS) is 1. The van der Waals surface area contributed by atoms with Crippen molar-refractivity contribution in [2.24, 2.45) is 10.9 Å². The van der Waals surface area contributed by atoms with E-state index in [-0.39, 0.29) is 22.3 Å². The Labute approximate surface area is 172 Å². The number of benzene rings is 1. The summed E-state index contributed by atoms with van der Waals surface area (Å²) in [6, 6.07) is 3.71. The van der Waals surface area contributed by atoms with Crippen LogP contribution in [0.25, 0.3) is 6.58 Å². The zero-order chi connectivity index (χ0) is 20.7. The van der Waals surface area contributed by atoms with Gasteiger partial charge in [0.15, 0.2) is 11.2 Å². The highest BCUT2D eigenvalue weighted by molar-refractivity contribution is 6.31. The number of hydrogen-bond donors (Lipinski definition) is 2. The summed E-state index contributed by atoms with van der Waals surface area (Å²) in [5.41, 5.74) is 2.30. The fourth-order valence-electron chi connectivity index (χ4n) is 3.86. The molecule has 2 aliphatic heterocycles. The summed E-state index contributed by atoms with van der Waals surface area (Å²) in [4.78, 5) is 39.4. The molecule has 0 saturated carbocycles. The van der Waals surface area contributed by atoms with E-state index in [0.29, 0.717) is 42.5 Å². The lowest BCUT2D eigenvalue weighted by Crippen LogP contribution is -2.45. The molecule has 0 spiro atoms. The van der Waals surface area contributed by atoms with Crippen LogP contribution in [0.1, 0.15) is 18.4 Å². The van der Waals surface area contributed by atoms with Gasteiger partial charge in [-0.3, -0.25) is 9.59 Å². The summed E-state index contributed by atoms with van der Waals surface area (Å²) < 4.78 is 0. The SMILES string of the molecule is C=c1nc2c(c(=O)[nH]1)=Nc1cc(C)c(Cl)cc1N2CCN1CCC(C(=O)O)CC1. The van der Waals surface area contributed by atoms with Crippen molar-refractivity contribution in [3.05, 3.63) is 43.9 Å². The minimum absolute atomic E-state index is 0.260. The summed E-state index contributed by atoms with van der Waals surface area (Å²) in [6.07, 6.45) is 1.29. The van der Waals surface area contributed by atoms with E-state index in [4.69, 9.17) is 11.6 Å². The Morgan fingerprint density at radius 3 is 2.76 bits per heavy atom. The molecule has 1 fully saturated rings. The number of aromatic nitrogens is 2. The number of likely N-dealkylation sites (tertiary alicyclic amines) is 1. The Morgan fingerprint density at radius 1 is 1.34 bits per heavy atom. The highest BCUT2D eigenvalue weighted by atomic mass is 35.5. The molecule has 8 nitrogen and oxygen atoms in total. The molecule has 1 aromatic heterocycles. The monoisotopic (exact) mass is 415 g/mol. The van der Waals surface area contributed by atoms with Gasteiger partial charge in [0.2, 0.25) is 0 Å². The third-order valence-electron chi connectivity index (χ3n) is 5.54. The second-order valence-electron chi connectivity index (χ2n) is 7.49. The van der Waals surface area contributed by atoms with E-state index < -0.39 is 5.97 Å². The van der Waals surface area contributed by atoms with Crippen LogP contribution < -0.4 is 21.3 Å². The molecule has 1 aromatic carbocycles. The van der Waals surface area contributed by atoms with Crippen molar-refractivity contribution < 1.29 is 9.90 Å². The number of piperidine rings is 1. The summed E-state index contributed by atoms with van der Waals surface area (Å²) >= 11 is 6.36. The molecular formula is C20H22ClN5O3. The minimum Gasteiger partial charge on any atom is -0.481 e. The van der Waals surface area contributed by atoms with Gasteiger partial charge in [-0.25, -0.2) is 9.98 Å². The van der Waals surface area contributed by atoms with Gasteiger partial charge in [0, 0.05) is 18.1 Å². The molecule has 2 aliphatic rings. The van der Waals surface area contributed by atoms with Gasteiger partial charge < -0.3 is 19.9 Å². The molecule has 2 N–H and O–H groups in total. The van der Waals surface area contributed by atoms with Gasteiger partial charge in [-0.05, 0) is 50.6 Å². The first-order chi connectivity index (χ1) is 13.8. The number of rotatable bonds is 4. The predicted octanol–water partition coefficient (Wildman–Crippen LogP) is 1.34. The molecule has 3 heterocycles. The van der Waals surface area contributed by atoms with Gasteiger partial charge in [0.1, 0.15) is 5.48 Å². The van der Waals surface area contributed by atoms with Crippen molar-refractivity contribution in [1.82, 2.24) is 14.9 Å². The lowest BCUT2D eigenvalue weighted by molar-refractivity contribution is -0.143. The highest BCUT2D eigenvalue weighted by Crippen LogP contribution is 2.38. The van der Waals surface area contributed by atoms with Gasteiger partial charge in [-0.1, -0.05) is 18.2 Å². The van der Waals surface area contributed by atoms with Gasteiger partial charge in [-0.15, -0.1) is 0 Å². The number of anilines is 2. The van der Waals surface area contributed by atoms with Crippen LogP contribution in [0.3, 0.4) is 0 Å². The Kier molecular flexibility index (Phi) is 5.14. The molecule has 0 bridgehead atoms. The average molecular weight is 416 g/mol. The maximum atomic E-state index is 12.4. The van der Waals surface area contributed by atoms with E-state index in [2.05, 4.69) is 26.4 Å². The number of halogens is 1. The van der Waals surface area contributed by atoms with Crippen molar-refractivity contribution in [3.8, 4) is 0 Å². The molecule has 0 radical (unpaired) electrons. The van der Waals surface area contributed by atoms with E-state index in [9.17, 15) is 14.7 Å². The Bertz CT molecular complexity index is 1140. The molecule has 0 amide bonds. The molecule has 2 aromatic rings. The predicted molar refractivity (Wildman–Crippen MR) is 111 cm³/mol. The standard InChI is InChI=1S/C20H22ClN5O3/c1-11-9-15-16(10-14(11)21)26(18-17(24-15)19(27)23-12(2)22-18)8-7-25-5-3-13(4-6-25)20(28)29/h9-10,13H,2-8H2,1H3,(H,23,27)(H,28,29). The maximum absolute atomic E-state index is 12.4. The van der Waals surface area contributed by atoms with E-state index in [1.54, 1.807) is 0 Å². The van der Waals surface area contributed by atoms with E-state index >= 15 is 0 Å². The third-order valence-corrected chi connectivity index (χ3v) is 5.94. The summed E-state index contributed by atoms with van der Waals surface area (Å²) in [7, 11) is 0. The number of fused-ring (bicyclic) bond motifs is 2. The molecule has 9 heteroatoms. The van der Waals surface area contributed by atoms with Gasteiger partial charge in [0.05, 0.1) is 17.3 Å². The molecule has 152 valence electrons. The lowest BCUT2D eigenvalue weighted by Gasteiger charge is -2.33.